The summed E-state index contributed by atoms with van der Waals surface area (Å²) in [6.45, 7) is 8.74. The number of carbonyl (C=O) groups is 1. The second kappa shape index (κ2) is 9.46. The Kier molecular flexibility index (Phi) is 6.63. The van der Waals surface area contributed by atoms with Crippen LogP contribution in [0.5, 0.6) is 5.75 Å². The SMILES string of the molecule is CC(C)Oc1ccc(Nc2nc3cc(CCC(=O)O)ccc3n2[C@@H]2CCCC(C)(C)C2)cc1. The molecule has 0 radical (unpaired) electrons. The summed E-state index contributed by atoms with van der Waals surface area (Å²) in [7, 11) is 0. The molecular weight excluding hydrogens is 414 g/mol. The van der Waals surface area contributed by atoms with Gasteiger partial charge in [0.2, 0.25) is 5.95 Å². The van der Waals surface area contributed by atoms with Gasteiger partial charge in [-0.05, 0) is 86.9 Å². The molecule has 1 saturated carbocycles. The summed E-state index contributed by atoms with van der Waals surface area (Å²) in [4.78, 5) is 16.0. The first kappa shape index (κ1) is 23.1. The van der Waals surface area contributed by atoms with Crippen molar-refractivity contribution in [1.82, 2.24) is 9.55 Å². The minimum absolute atomic E-state index is 0.124. The first-order chi connectivity index (χ1) is 15.7. The van der Waals surface area contributed by atoms with Crippen LogP contribution in [0.1, 0.15) is 71.4 Å². The van der Waals surface area contributed by atoms with Crippen LogP contribution in [0.2, 0.25) is 0 Å². The number of ether oxygens (including phenoxy) is 1. The number of carboxylic acid groups (broad SMARTS) is 1. The summed E-state index contributed by atoms with van der Waals surface area (Å²) < 4.78 is 8.13. The van der Waals surface area contributed by atoms with Crippen molar-refractivity contribution in [3.63, 3.8) is 0 Å². The van der Waals surface area contributed by atoms with E-state index in [1.165, 1.54) is 12.8 Å². The van der Waals surface area contributed by atoms with Gasteiger partial charge in [-0.2, -0.15) is 0 Å². The molecular formula is C27H35N3O3. The number of aliphatic carboxylic acids is 1. The number of carboxylic acids is 1. The average Bonchev–Trinajstić information content (AvgIpc) is 3.09. The van der Waals surface area contributed by atoms with Gasteiger partial charge >= 0.3 is 5.97 Å². The molecule has 0 saturated heterocycles. The Hall–Kier alpha value is -3.02. The van der Waals surface area contributed by atoms with Crippen LogP contribution >= 0.6 is 0 Å². The van der Waals surface area contributed by atoms with Gasteiger partial charge in [0.05, 0.1) is 17.1 Å². The largest absolute Gasteiger partial charge is 0.491 e. The van der Waals surface area contributed by atoms with E-state index in [0.717, 1.165) is 46.8 Å². The topological polar surface area (TPSA) is 76.4 Å². The predicted molar refractivity (Wildman–Crippen MR) is 132 cm³/mol. The highest BCUT2D eigenvalue weighted by Crippen LogP contribution is 2.43. The Bertz CT molecular complexity index is 1120. The second-order valence-electron chi connectivity index (χ2n) is 10.3. The van der Waals surface area contributed by atoms with E-state index in [0.29, 0.717) is 17.9 Å². The van der Waals surface area contributed by atoms with Crippen LogP contribution in [0.3, 0.4) is 0 Å². The molecule has 0 unspecified atom stereocenters. The van der Waals surface area contributed by atoms with Crippen molar-refractivity contribution in [2.45, 2.75) is 78.4 Å². The summed E-state index contributed by atoms with van der Waals surface area (Å²) in [5.74, 6) is 0.902. The lowest BCUT2D eigenvalue weighted by molar-refractivity contribution is -0.136. The lowest BCUT2D eigenvalue weighted by Crippen LogP contribution is -2.25. The monoisotopic (exact) mass is 449 g/mol. The van der Waals surface area contributed by atoms with E-state index in [2.05, 4.69) is 29.8 Å². The fraction of sp³-hybridized carbons (Fsp3) is 0.481. The third kappa shape index (κ3) is 5.67. The maximum Gasteiger partial charge on any atom is 0.303 e. The van der Waals surface area contributed by atoms with Gasteiger partial charge in [-0.15, -0.1) is 0 Å². The van der Waals surface area contributed by atoms with Crippen LogP contribution in [0, 0.1) is 5.41 Å². The number of aryl methyl sites for hydroxylation is 1. The molecule has 1 heterocycles. The third-order valence-electron chi connectivity index (χ3n) is 6.41. The molecule has 33 heavy (non-hydrogen) atoms. The molecule has 176 valence electrons. The lowest BCUT2D eigenvalue weighted by atomic mass is 9.75. The Morgan fingerprint density at radius 1 is 1.24 bits per heavy atom. The third-order valence-corrected chi connectivity index (χ3v) is 6.41. The highest BCUT2D eigenvalue weighted by molar-refractivity contribution is 5.81. The molecule has 0 spiro atoms. The van der Waals surface area contributed by atoms with Crippen molar-refractivity contribution in [3.8, 4) is 5.75 Å². The van der Waals surface area contributed by atoms with Crippen molar-refractivity contribution in [2.24, 2.45) is 5.41 Å². The number of aromatic nitrogens is 2. The standard InChI is InChI=1S/C27H35N3O3/c1-18(2)33-22-11-9-20(10-12-22)28-26-29-23-16-19(8-14-25(31)32)7-13-24(23)30(26)21-6-5-15-27(3,4)17-21/h7,9-13,16,18,21H,5-6,8,14-15,17H2,1-4H3,(H,28,29)(H,31,32)/t21-/m1/s1. The van der Waals surface area contributed by atoms with Gasteiger partial charge in [0.15, 0.2) is 0 Å². The van der Waals surface area contributed by atoms with Gasteiger partial charge in [-0.25, -0.2) is 4.98 Å². The molecule has 1 aromatic heterocycles. The molecule has 1 aliphatic rings. The number of hydrogen-bond acceptors (Lipinski definition) is 4. The van der Waals surface area contributed by atoms with Crippen molar-refractivity contribution in [2.75, 3.05) is 5.32 Å². The van der Waals surface area contributed by atoms with Crippen LogP contribution in [0.4, 0.5) is 11.6 Å². The van der Waals surface area contributed by atoms with E-state index >= 15 is 0 Å². The molecule has 0 bridgehead atoms. The molecule has 6 heteroatoms. The summed E-state index contributed by atoms with van der Waals surface area (Å²) in [5.41, 5.74) is 4.26. The number of anilines is 2. The quantitative estimate of drug-likeness (QED) is 0.399. The minimum Gasteiger partial charge on any atom is -0.491 e. The van der Waals surface area contributed by atoms with Crippen molar-refractivity contribution < 1.29 is 14.6 Å². The Labute approximate surface area is 196 Å². The van der Waals surface area contributed by atoms with Gasteiger partial charge in [0.1, 0.15) is 5.75 Å². The number of rotatable bonds is 8. The molecule has 2 aromatic carbocycles. The van der Waals surface area contributed by atoms with Crippen LogP contribution in [-0.2, 0) is 11.2 Å². The molecule has 6 nitrogen and oxygen atoms in total. The van der Waals surface area contributed by atoms with E-state index in [4.69, 9.17) is 14.8 Å². The molecule has 3 aromatic rings. The first-order valence-electron chi connectivity index (χ1n) is 12.0. The maximum atomic E-state index is 11.0. The summed E-state index contributed by atoms with van der Waals surface area (Å²) >= 11 is 0. The van der Waals surface area contributed by atoms with Crippen LogP contribution < -0.4 is 10.1 Å². The smallest absolute Gasteiger partial charge is 0.303 e. The molecule has 1 aliphatic carbocycles. The van der Waals surface area contributed by atoms with E-state index in [1.807, 2.05) is 50.2 Å². The number of fused-ring (bicyclic) bond motifs is 1. The summed E-state index contributed by atoms with van der Waals surface area (Å²) in [5, 5.41) is 12.6. The average molecular weight is 450 g/mol. The zero-order valence-electron chi connectivity index (χ0n) is 20.1. The molecule has 1 fully saturated rings. The summed E-state index contributed by atoms with van der Waals surface area (Å²) in [6.07, 6.45) is 5.45. The van der Waals surface area contributed by atoms with Gasteiger partial charge in [-0.3, -0.25) is 4.79 Å². The Morgan fingerprint density at radius 2 is 2.00 bits per heavy atom. The van der Waals surface area contributed by atoms with Crippen LogP contribution in [0.25, 0.3) is 11.0 Å². The van der Waals surface area contributed by atoms with Crippen LogP contribution in [0.15, 0.2) is 42.5 Å². The van der Waals surface area contributed by atoms with E-state index in [1.54, 1.807) is 0 Å². The van der Waals surface area contributed by atoms with E-state index in [-0.39, 0.29) is 12.5 Å². The zero-order valence-corrected chi connectivity index (χ0v) is 20.1. The van der Waals surface area contributed by atoms with E-state index < -0.39 is 5.97 Å². The van der Waals surface area contributed by atoms with E-state index in [9.17, 15) is 4.79 Å². The molecule has 0 amide bonds. The minimum atomic E-state index is -0.780. The number of imidazole rings is 1. The van der Waals surface area contributed by atoms with Crippen LogP contribution in [-0.4, -0.2) is 26.7 Å². The fourth-order valence-corrected chi connectivity index (χ4v) is 4.91. The van der Waals surface area contributed by atoms with Gasteiger partial charge < -0.3 is 19.7 Å². The van der Waals surface area contributed by atoms with Gasteiger partial charge in [0.25, 0.3) is 0 Å². The maximum absolute atomic E-state index is 11.0. The summed E-state index contributed by atoms with van der Waals surface area (Å²) in [6, 6.07) is 14.5. The lowest BCUT2D eigenvalue weighted by Gasteiger charge is -2.36. The number of hydrogen-bond donors (Lipinski definition) is 2. The van der Waals surface area contributed by atoms with Crippen molar-refractivity contribution in [1.29, 1.82) is 0 Å². The fourth-order valence-electron chi connectivity index (χ4n) is 4.91. The van der Waals surface area contributed by atoms with Gasteiger partial charge in [-0.1, -0.05) is 26.3 Å². The first-order valence-corrected chi connectivity index (χ1v) is 12.0. The highest BCUT2D eigenvalue weighted by Gasteiger charge is 2.31. The molecule has 0 aliphatic heterocycles. The van der Waals surface area contributed by atoms with Gasteiger partial charge in [0, 0.05) is 18.2 Å². The van der Waals surface area contributed by atoms with Crippen molar-refractivity contribution in [3.05, 3.63) is 48.0 Å². The number of nitrogens with zero attached hydrogens (tertiary/aromatic N) is 2. The number of nitrogens with one attached hydrogen (secondary N) is 1. The Morgan fingerprint density at radius 3 is 2.67 bits per heavy atom. The van der Waals surface area contributed by atoms with Crippen molar-refractivity contribution >= 4 is 28.6 Å². The number of benzene rings is 2. The second-order valence-corrected chi connectivity index (χ2v) is 10.3. The predicted octanol–water partition coefficient (Wildman–Crippen LogP) is 6.73. The normalized spacial score (nSPS) is 17.9. The highest BCUT2D eigenvalue weighted by atomic mass is 16.5. The molecule has 1 atom stereocenters. The molecule has 4 rings (SSSR count). The molecule has 2 N–H and O–H groups in total. The Balaban J connectivity index is 1.69. The zero-order chi connectivity index (χ0) is 23.6.